The number of carbonyl (C=O) groups excluding carboxylic acids is 1. The fourth-order valence-electron chi connectivity index (χ4n) is 2.08. The van der Waals surface area contributed by atoms with Gasteiger partial charge in [0.1, 0.15) is 6.61 Å². The van der Waals surface area contributed by atoms with E-state index in [0.717, 1.165) is 5.56 Å². The van der Waals surface area contributed by atoms with Crippen molar-refractivity contribution in [1.29, 1.82) is 0 Å². The predicted molar refractivity (Wildman–Crippen MR) is 77.2 cm³/mol. The topological polar surface area (TPSA) is 104 Å². The lowest BCUT2D eigenvalue weighted by Crippen LogP contribution is -2.42. The number of nitrogens with zero attached hydrogens (tertiary/aromatic N) is 1. The Hall–Kier alpha value is -1.44. The molecular weight excluding hydrogens is 280 g/mol. The van der Waals surface area contributed by atoms with Crippen LogP contribution in [0.4, 0.5) is 4.79 Å². The molecule has 0 saturated carbocycles. The minimum Gasteiger partial charge on any atom is -0.445 e. The highest BCUT2D eigenvalue weighted by Crippen LogP contribution is 2.15. The largest absolute Gasteiger partial charge is 0.445 e. The van der Waals surface area contributed by atoms with E-state index in [4.69, 9.17) is 9.88 Å². The summed E-state index contributed by atoms with van der Waals surface area (Å²) in [6.45, 7) is 1.39. The van der Waals surface area contributed by atoms with Gasteiger partial charge in [0.25, 0.3) is 0 Å². The van der Waals surface area contributed by atoms with Crippen molar-refractivity contribution in [2.75, 3.05) is 13.1 Å². The summed E-state index contributed by atoms with van der Waals surface area (Å²) in [4.78, 5) is 13.5. The first kappa shape index (κ1) is 16.6. The summed E-state index contributed by atoms with van der Waals surface area (Å²) in [6, 6.07) is 9.56. The second kappa shape index (κ2) is 7.98. The minimum atomic E-state index is -1.29. The summed E-state index contributed by atoms with van der Waals surface area (Å²) in [5.41, 5.74) is 0.966. The van der Waals surface area contributed by atoms with Gasteiger partial charge in [0.15, 0.2) is 0 Å². The smallest absolute Gasteiger partial charge is 0.410 e. The van der Waals surface area contributed by atoms with E-state index in [-0.39, 0.29) is 23.4 Å². The minimum absolute atomic E-state index is 0. The number of piperidine rings is 1. The maximum absolute atomic E-state index is 11.8. The van der Waals surface area contributed by atoms with Gasteiger partial charge in [-0.15, -0.1) is 0 Å². The van der Waals surface area contributed by atoms with E-state index in [1.165, 1.54) is 0 Å². The molecule has 112 valence electrons. The first-order chi connectivity index (χ1) is 9.16. The Bertz CT molecular complexity index is 447. The lowest BCUT2D eigenvalue weighted by Gasteiger charge is -2.29. The number of hydrogen-bond acceptors (Lipinski definition) is 3. The van der Waals surface area contributed by atoms with Crippen LogP contribution in [-0.2, 0) is 22.3 Å². The standard InChI is InChI=1S/C13H18N2O3S.H2O/c14-19(17)12-6-8-15(9-7-12)13(16)18-10-11-4-2-1-3-5-11;/h1-5,12H,6-10,14H2;1H2. The van der Waals surface area contributed by atoms with Gasteiger partial charge in [0.05, 0.1) is 16.2 Å². The monoisotopic (exact) mass is 300 g/mol. The van der Waals surface area contributed by atoms with E-state index >= 15 is 0 Å². The molecule has 20 heavy (non-hydrogen) atoms. The Morgan fingerprint density at radius 2 is 1.90 bits per heavy atom. The van der Waals surface area contributed by atoms with Gasteiger partial charge in [0.2, 0.25) is 0 Å². The molecule has 0 aliphatic carbocycles. The van der Waals surface area contributed by atoms with Crippen molar-refractivity contribution in [3.05, 3.63) is 35.9 Å². The summed E-state index contributed by atoms with van der Waals surface area (Å²) >= 11 is 0. The van der Waals surface area contributed by atoms with Gasteiger partial charge in [-0.05, 0) is 18.4 Å². The molecule has 1 heterocycles. The molecule has 1 aliphatic heterocycles. The lowest BCUT2D eigenvalue weighted by molar-refractivity contribution is 0.0899. The molecular formula is C13H20N2O4S. The normalized spacial score (nSPS) is 17.1. The molecule has 1 aliphatic rings. The second-order valence-electron chi connectivity index (χ2n) is 4.56. The van der Waals surface area contributed by atoms with Gasteiger partial charge in [-0.2, -0.15) is 0 Å². The Kier molecular flexibility index (Phi) is 6.63. The molecule has 2 rings (SSSR count). The maximum Gasteiger partial charge on any atom is 0.410 e. The van der Waals surface area contributed by atoms with Crippen LogP contribution in [0.1, 0.15) is 18.4 Å². The maximum atomic E-state index is 11.8. The van der Waals surface area contributed by atoms with Crippen LogP contribution in [0.5, 0.6) is 0 Å². The van der Waals surface area contributed by atoms with Gasteiger partial charge < -0.3 is 15.1 Å². The van der Waals surface area contributed by atoms with Crippen molar-refractivity contribution in [3.8, 4) is 0 Å². The van der Waals surface area contributed by atoms with Crippen LogP contribution >= 0.6 is 0 Å². The third-order valence-electron chi connectivity index (χ3n) is 3.23. The molecule has 6 nitrogen and oxygen atoms in total. The van der Waals surface area contributed by atoms with Crippen LogP contribution < -0.4 is 5.14 Å². The van der Waals surface area contributed by atoms with Crippen molar-refractivity contribution < 1.29 is 19.2 Å². The highest BCUT2D eigenvalue weighted by Gasteiger charge is 2.25. The first-order valence-corrected chi connectivity index (χ1v) is 7.55. The number of amides is 1. The van der Waals surface area contributed by atoms with E-state index < -0.39 is 11.0 Å². The third-order valence-corrected chi connectivity index (χ3v) is 4.36. The van der Waals surface area contributed by atoms with E-state index in [9.17, 15) is 9.00 Å². The number of rotatable bonds is 3. The van der Waals surface area contributed by atoms with Gasteiger partial charge in [-0.1, -0.05) is 30.3 Å². The van der Waals surface area contributed by atoms with Crippen molar-refractivity contribution in [2.45, 2.75) is 24.7 Å². The van der Waals surface area contributed by atoms with Crippen molar-refractivity contribution in [2.24, 2.45) is 5.14 Å². The molecule has 7 heteroatoms. The number of hydrogen-bond donors (Lipinski definition) is 1. The Morgan fingerprint density at radius 3 is 2.45 bits per heavy atom. The van der Waals surface area contributed by atoms with Crippen LogP contribution in [0.2, 0.25) is 0 Å². The molecule has 1 fully saturated rings. The van der Waals surface area contributed by atoms with Crippen LogP contribution in [0.15, 0.2) is 30.3 Å². The molecule has 1 saturated heterocycles. The van der Waals surface area contributed by atoms with E-state index in [1.807, 2.05) is 30.3 Å². The summed E-state index contributed by atoms with van der Waals surface area (Å²) in [7, 11) is -1.29. The second-order valence-corrected chi connectivity index (χ2v) is 5.88. The van der Waals surface area contributed by atoms with Gasteiger partial charge in [0, 0.05) is 13.1 Å². The molecule has 1 unspecified atom stereocenters. The lowest BCUT2D eigenvalue weighted by atomic mass is 10.1. The molecule has 0 aromatic heterocycles. The molecule has 1 amide bonds. The zero-order valence-electron chi connectivity index (χ0n) is 11.2. The first-order valence-electron chi connectivity index (χ1n) is 6.27. The highest BCUT2D eigenvalue weighted by molar-refractivity contribution is 7.83. The molecule has 4 N–H and O–H groups in total. The van der Waals surface area contributed by atoms with Gasteiger partial charge >= 0.3 is 6.09 Å². The molecule has 1 aromatic rings. The molecule has 0 bridgehead atoms. The summed E-state index contributed by atoms with van der Waals surface area (Å²) in [5, 5.41) is 5.36. The van der Waals surface area contributed by atoms with Crippen molar-refractivity contribution >= 4 is 17.1 Å². The van der Waals surface area contributed by atoms with Crippen molar-refractivity contribution in [1.82, 2.24) is 4.90 Å². The summed E-state index contributed by atoms with van der Waals surface area (Å²) < 4.78 is 16.4. The summed E-state index contributed by atoms with van der Waals surface area (Å²) in [5.74, 6) is 0. The average molecular weight is 300 g/mol. The number of carbonyl (C=O) groups is 1. The Balaban J connectivity index is 0.00000200. The van der Waals surface area contributed by atoms with Crippen LogP contribution in [0.3, 0.4) is 0 Å². The number of likely N-dealkylation sites (tertiary alicyclic amines) is 1. The zero-order chi connectivity index (χ0) is 13.7. The predicted octanol–water partition coefficient (Wildman–Crippen LogP) is 0.585. The summed E-state index contributed by atoms with van der Waals surface area (Å²) in [6.07, 6.45) is 1.03. The Morgan fingerprint density at radius 1 is 1.30 bits per heavy atom. The number of nitrogens with two attached hydrogens (primary N) is 1. The molecule has 1 aromatic carbocycles. The van der Waals surface area contributed by atoms with E-state index in [0.29, 0.717) is 25.9 Å². The van der Waals surface area contributed by atoms with E-state index in [1.54, 1.807) is 4.90 Å². The molecule has 1 atom stereocenters. The molecule has 0 radical (unpaired) electrons. The quantitative estimate of drug-likeness (QED) is 0.883. The third kappa shape index (κ3) is 4.59. The van der Waals surface area contributed by atoms with Crippen LogP contribution in [0.25, 0.3) is 0 Å². The number of benzene rings is 1. The van der Waals surface area contributed by atoms with Crippen LogP contribution in [0, 0.1) is 0 Å². The molecule has 0 spiro atoms. The zero-order valence-corrected chi connectivity index (χ0v) is 12.0. The van der Waals surface area contributed by atoms with Crippen molar-refractivity contribution in [3.63, 3.8) is 0 Å². The van der Waals surface area contributed by atoms with Gasteiger partial charge in [-0.25, -0.2) is 9.00 Å². The number of ether oxygens (including phenoxy) is 1. The van der Waals surface area contributed by atoms with E-state index in [2.05, 4.69) is 0 Å². The fraction of sp³-hybridized carbons (Fsp3) is 0.462. The van der Waals surface area contributed by atoms with Gasteiger partial charge in [-0.3, -0.25) is 5.14 Å². The highest BCUT2D eigenvalue weighted by atomic mass is 32.2. The van der Waals surface area contributed by atoms with Crippen LogP contribution in [-0.4, -0.2) is 39.0 Å². The Labute approximate surface area is 120 Å². The fourth-order valence-corrected chi connectivity index (χ4v) is 2.76. The average Bonchev–Trinajstić information content (AvgIpc) is 2.46. The SMILES string of the molecule is NS(=O)C1CCN(C(=O)OCc2ccccc2)CC1.O.